The highest BCUT2D eigenvalue weighted by Crippen LogP contribution is 2.22. The summed E-state index contributed by atoms with van der Waals surface area (Å²) in [5, 5.41) is 0. The number of piperidine rings is 2. The van der Waals surface area contributed by atoms with Crippen molar-refractivity contribution in [3.63, 3.8) is 0 Å². The van der Waals surface area contributed by atoms with Crippen LogP contribution < -0.4 is 9.47 Å². The summed E-state index contributed by atoms with van der Waals surface area (Å²) >= 11 is 0. The van der Waals surface area contributed by atoms with Crippen LogP contribution >= 0.6 is 0 Å². The van der Waals surface area contributed by atoms with Crippen molar-refractivity contribution in [3.05, 3.63) is 24.3 Å². The topological polar surface area (TPSA) is 24.9 Å². The lowest BCUT2D eigenvalue weighted by Crippen LogP contribution is -2.43. The molecule has 2 saturated heterocycles. The Hall–Kier alpha value is -1.26. The van der Waals surface area contributed by atoms with Gasteiger partial charge in [0, 0.05) is 26.2 Å². The largest absolute Gasteiger partial charge is 0.497 e. The molecule has 0 amide bonds. The number of methoxy groups -OCH3 is 1. The fraction of sp³-hybridized carbons (Fsp3) is 0.684. The summed E-state index contributed by atoms with van der Waals surface area (Å²) in [6.07, 6.45) is 6.81. The van der Waals surface area contributed by atoms with E-state index in [1.165, 1.54) is 45.4 Å². The standard InChI is InChI=1S/C19H30N2O2/c1-22-17-5-7-18(8-6-17)23-19-9-13-21(14-10-19)16-15-20-11-3-2-4-12-20/h5-8,19H,2-4,9-16H2,1H3. The summed E-state index contributed by atoms with van der Waals surface area (Å²) in [5.74, 6) is 1.84. The molecule has 0 aliphatic carbocycles. The first-order valence-corrected chi connectivity index (χ1v) is 9.09. The van der Waals surface area contributed by atoms with Crippen LogP contribution in [0, 0.1) is 0 Å². The van der Waals surface area contributed by atoms with Gasteiger partial charge in [-0.3, -0.25) is 0 Å². The van der Waals surface area contributed by atoms with Gasteiger partial charge in [0.15, 0.2) is 0 Å². The number of benzene rings is 1. The predicted octanol–water partition coefficient (Wildman–Crippen LogP) is 3.02. The van der Waals surface area contributed by atoms with Crippen molar-refractivity contribution in [3.8, 4) is 11.5 Å². The van der Waals surface area contributed by atoms with Crippen LogP contribution in [0.4, 0.5) is 0 Å². The van der Waals surface area contributed by atoms with E-state index in [-0.39, 0.29) is 0 Å². The van der Waals surface area contributed by atoms with Crippen LogP contribution in [0.1, 0.15) is 32.1 Å². The molecule has 128 valence electrons. The van der Waals surface area contributed by atoms with E-state index in [0.29, 0.717) is 6.10 Å². The lowest BCUT2D eigenvalue weighted by molar-refractivity contribution is 0.0905. The van der Waals surface area contributed by atoms with Crippen LogP contribution in [0.3, 0.4) is 0 Å². The molecule has 0 spiro atoms. The number of hydrogen-bond acceptors (Lipinski definition) is 4. The molecule has 0 bridgehead atoms. The van der Waals surface area contributed by atoms with Crippen molar-refractivity contribution in [2.45, 2.75) is 38.2 Å². The molecule has 0 atom stereocenters. The molecule has 0 unspecified atom stereocenters. The Labute approximate surface area is 140 Å². The van der Waals surface area contributed by atoms with E-state index in [1.54, 1.807) is 7.11 Å². The maximum Gasteiger partial charge on any atom is 0.119 e. The summed E-state index contributed by atoms with van der Waals surface area (Å²) in [5.41, 5.74) is 0. The molecule has 4 nitrogen and oxygen atoms in total. The average molecular weight is 318 g/mol. The maximum atomic E-state index is 6.10. The van der Waals surface area contributed by atoms with Gasteiger partial charge in [0.05, 0.1) is 7.11 Å². The number of rotatable bonds is 6. The number of hydrogen-bond donors (Lipinski definition) is 0. The van der Waals surface area contributed by atoms with E-state index in [4.69, 9.17) is 9.47 Å². The van der Waals surface area contributed by atoms with Gasteiger partial charge in [-0.25, -0.2) is 0 Å². The zero-order chi connectivity index (χ0) is 15.9. The quantitative estimate of drug-likeness (QED) is 0.805. The molecule has 0 N–H and O–H groups in total. The first-order valence-electron chi connectivity index (χ1n) is 9.09. The second-order valence-electron chi connectivity index (χ2n) is 6.74. The Morgan fingerprint density at radius 1 is 0.826 bits per heavy atom. The number of ether oxygens (including phenoxy) is 2. The van der Waals surface area contributed by atoms with E-state index < -0.39 is 0 Å². The van der Waals surface area contributed by atoms with Crippen molar-refractivity contribution in [2.24, 2.45) is 0 Å². The van der Waals surface area contributed by atoms with E-state index >= 15 is 0 Å². The molecule has 3 rings (SSSR count). The molecule has 0 radical (unpaired) electrons. The van der Waals surface area contributed by atoms with Crippen LogP contribution in [-0.4, -0.2) is 62.3 Å². The third-order valence-electron chi connectivity index (χ3n) is 5.08. The highest BCUT2D eigenvalue weighted by Gasteiger charge is 2.21. The molecular formula is C19H30N2O2. The van der Waals surface area contributed by atoms with Crippen LogP contribution in [0.15, 0.2) is 24.3 Å². The molecule has 1 aromatic rings. The van der Waals surface area contributed by atoms with Crippen molar-refractivity contribution >= 4 is 0 Å². The second kappa shape index (κ2) is 8.55. The van der Waals surface area contributed by atoms with Crippen LogP contribution in [0.25, 0.3) is 0 Å². The Balaban J connectivity index is 1.36. The summed E-state index contributed by atoms with van der Waals surface area (Å²) in [4.78, 5) is 5.23. The zero-order valence-electron chi connectivity index (χ0n) is 14.4. The summed E-state index contributed by atoms with van der Waals surface area (Å²) in [6.45, 7) is 7.39. The molecule has 1 aromatic carbocycles. The third-order valence-corrected chi connectivity index (χ3v) is 5.08. The maximum absolute atomic E-state index is 6.10. The van der Waals surface area contributed by atoms with Crippen LogP contribution in [-0.2, 0) is 0 Å². The second-order valence-corrected chi connectivity index (χ2v) is 6.74. The third kappa shape index (κ3) is 5.11. The average Bonchev–Trinajstić information content (AvgIpc) is 2.63. The van der Waals surface area contributed by atoms with Gasteiger partial charge in [0.1, 0.15) is 17.6 Å². The lowest BCUT2D eigenvalue weighted by atomic mass is 10.1. The molecule has 2 fully saturated rings. The first-order chi connectivity index (χ1) is 11.3. The summed E-state index contributed by atoms with van der Waals surface area (Å²) in [6, 6.07) is 7.93. The molecular weight excluding hydrogens is 288 g/mol. The predicted molar refractivity (Wildman–Crippen MR) is 93.4 cm³/mol. The number of nitrogens with zero attached hydrogens (tertiary/aromatic N) is 2. The van der Waals surface area contributed by atoms with Crippen molar-refractivity contribution in [1.82, 2.24) is 9.80 Å². The molecule has 2 heterocycles. The monoisotopic (exact) mass is 318 g/mol. The zero-order valence-corrected chi connectivity index (χ0v) is 14.4. The Kier molecular flexibility index (Phi) is 6.17. The van der Waals surface area contributed by atoms with Gasteiger partial charge < -0.3 is 19.3 Å². The highest BCUT2D eigenvalue weighted by molar-refractivity contribution is 5.31. The Morgan fingerprint density at radius 3 is 2.00 bits per heavy atom. The summed E-state index contributed by atoms with van der Waals surface area (Å²) < 4.78 is 11.3. The van der Waals surface area contributed by atoms with Crippen molar-refractivity contribution in [2.75, 3.05) is 46.4 Å². The van der Waals surface area contributed by atoms with E-state index in [9.17, 15) is 0 Å². The summed E-state index contributed by atoms with van der Waals surface area (Å²) in [7, 11) is 1.69. The highest BCUT2D eigenvalue weighted by atomic mass is 16.5. The van der Waals surface area contributed by atoms with Crippen LogP contribution in [0.5, 0.6) is 11.5 Å². The van der Waals surface area contributed by atoms with Gasteiger partial charge in [-0.15, -0.1) is 0 Å². The molecule has 0 aromatic heterocycles. The SMILES string of the molecule is COc1ccc(OC2CCN(CCN3CCCCC3)CC2)cc1. The lowest BCUT2D eigenvalue weighted by Gasteiger charge is -2.34. The minimum Gasteiger partial charge on any atom is -0.497 e. The van der Waals surface area contributed by atoms with Crippen molar-refractivity contribution in [1.29, 1.82) is 0 Å². The van der Waals surface area contributed by atoms with Crippen LogP contribution in [0.2, 0.25) is 0 Å². The fourth-order valence-corrected chi connectivity index (χ4v) is 3.56. The van der Waals surface area contributed by atoms with Gasteiger partial charge in [0.25, 0.3) is 0 Å². The molecule has 2 aliphatic heterocycles. The van der Waals surface area contributed by atoms with E-state index in [1.807, 2.05) is 24.3 Å². The number of likely N-dealkylation sites (tertiary alicyclic amines) is 2. The van der Waals surface area contributed by atoms with E-state index in [2.05, 4.69) is 9.80 Å². The van der Waals surface area contributed by atoms with Gasteiger partial charge in [0.2, 0.25) is 0 Å². The molecule has 2 aliphatic rings. The van der Waals surface area contributed by atoms with Crippen molar-refractivity contribution < 1.29 is 9.47 Å². The normalized spacial score (nSPS) is 21.3. The Bertz CT molecular complexity index is 449. The van der Waals surface area contributed by atoms with Gasteiger partial charge in [-0.05, 0) is 63.0 Å². The van der Waals surface area contributed by atoms with Gasteiger partial charge in [-0.1, -0.05) is 6.42 Å². The molecule has 4 heteroatoms. The minimum atomic E-state index is 0.356. The smallest absolute Gasteiger partial charge is 0.119 e. The first kappa shape index (κ1) is 16.6. The molecule has 0 saturated carbocycles. The van der Waals surface area contributed by atoms with Gasteiger partial charge in [-0.2, -0.15) is 0 Å². The van der Waals surface area contributed by atoms with Gasteiger partial charge >= 0.3 is 0 Å². The fourth-order valence-electron chi connectivity index (χ4n) is 3.56. The Morgan fingerprint density at radius 2 is 1.39 bits per heavy atom. The minimum absolute atomic E-state index is 0.356. The van der Waals surface area contributed by atoms with E-state index in [0.717, 1.165) is 37.4 Å². The molecule has 23 heavy (non-hydrogen) atoms.